The van der Waals surface area contributed by atoms with E-state index in [2.05, 4.69) is 15.9 Å². The summed E-state index contributed by atoms with van der Waals surface area (Å²) in [4.78, 5) is 24.5. The first-order chi connectivity index (χ1) is 10.0. The number of nitro benzene ring substituents is 1. The van der Waals surface area contributed by atoms with Crippen molar-refractivity contribution in [3.63, 3.8) is 0 Å². The fourth-order valence-corrected chi connectivity index (χ4v) is 2.49. The largest absolute Gasteiger partial charge is 0.467 e. The monoisotopic (exact) mass is 352 g/mol. The van der Waals surface area contributed by atoms with Gasteiger partial charge in [0.1, 0.15) is 10.2 Å². The minimum atomic E-state index is -0.524. The van der Waals surface area contributed by atoms with Crippen LogP contribution >= 0.6 is 15.9 Å². The fraction of sp³-hybridized carbons (Fsp3) is 0.214. The molecule has 7 heteroatoms. The normalized spacial score (nSPS) is 10.4. The van der Waals surface area contributed by atoms with E-state index in [1.54, 1.807) is 23.1 Å². The lowest BCUT2D eigenvalue weighted by Crippen LogP contribution is -2.30. The molecule has 0 unspecified atom stereocenters. The average Bonchev–Trinajstić information content (AvgIpc) is 2.97. The molecule has 110 valence electrons. The molecule has 1 heterocycles. The molecule has 0 saturated carbocycles. The van der Waals surface area contributed by atoms with Gasteiger partial charge >= 0.3 is 0 Å². The summed E-state index contributed by atoms with van der Waals surface area (Å²) >= 11 is 3.15. The first-order valence-electron chi connectivity index (χ1n) is 6.29. The zero-order valence-corrected chi connectivity index (χ0v) is 12.9. The maximum absolute atomic E-state index is 12.5. The highest BCUT2D eigenvalue weighted by molar-refractivity contribution is 9.10. The lowest BCUT2D eigenvalue weighted by atomic mass is 10.1. The molecule has 2 rings (SSSR count). The quantitative estimate of drug-likeness (QED) is 0.608. The summed E-state index contributed by atoms with van der Waals surface area (Å²) in [5.74, 6) is 0.372. The van der Waals surface area contributed by atoms with Crippen LogP contribution in [0.1, 0.15) is 23.0 Å². The Bertz CT molecular complexity index is 655. The molecule has 1 aromatic heterocycles. The van der Waals surface area contributed by atoms with Crippen molar-refractivity contribution in [3.8, 4) is 0 Å². The number of rotatable bonds is 5. The molecule has 0 saturated heterocycles. The van der Waals surface area contributed by atoms with E-state index in [1.165, 1.54) is 18.4 Å². The first-order valence-corrected chi connectivity index (χ1v) is 7.08. The standard InChI is InChI=1S/C14H13BrN2O4/c1-2-16(9-10-5-4-8-21-10)14(18)11-6-3-7-12(13(11)15)17(19)20/h3-8H,2,9H2,1H3. The third-order valence-corrected chi connectivity index (χ3v) is 3.83. The number of nitrogens with zero attached hydrogens (tertiary/aromatic N) is 2. The molecule has 0 aliphatic heterocycles. The maximum Gasteiger partial charge on any atom is 0.284 e. The van der Waals surface area contributed by atoms with Gasteiger partial charge in [-0.2, -0.15) is 0 Å². The van der Waals surface area contributed by atoms with E-state index in [0.29, 0.717) is 18.8 Å². The number of carbonyl (C=O) groups is 1. The van der Waals surface area contributed by atoms with E-state index < -0.39 is 4.92 Å². The highest BCUT2D eigenvalue weighted by Gasteiger charge is 2.23. The number of carbonyl (C=O) groups excluding carboxylic acids is 1. The van der Waals surface area contributed by atoms with Gasteiger partial charge in [0.2, 0.25) is 0 Å². The molecule has 6 nitrogen and oxygen atoms in total. The van der Waals surface area contributed by atoms with E-state index in [1.807, 2.05) is 6.92 Å². The molecule has 0 atom stereocenters. The van der Waals surface area contributed by atoms with E-state index in [9.17, 15) is 14.9 Å². The van der Waals surface area contributed by atoms with Crippen LogP contribution in [0.25, 0.3) is 0 Å². The Morgan fingerprint density at radius 2 is 2.14 bits per heavy atom. The summed E-state index contributed by atoms with van der Waals surface area (Å²) in [6.07, 6.45) is 1.54. The van der Waals surface area contributed by atoms with Crippen molar-refractivity contribution in [2.75, 3.05) is 6.54 Å². The van der Waals surface area contributed by atoms with Crippen LogP contribution in [0.5, 0.6) is 0 Å². The van der Waals surface area contributed by atoms with Gasteiger partial charge in [-0.05, 0) is 41.1 Å². The molecular weight excluding hydrogens is 340 g/mol. The molecular formula is C14H13BrN2O4. The fourth-order valence-electron chi connectivity index (χ4n) is 1.91. The first kappa shape index (κ1) is 15.2. The van der Waals surface area contributed by atoms with E-state index >= 15 is 0 Å². The van der Waals surface area contributed by atoms with Crippen LogP contribution in [0.15, 0.2) is 45.5 Å². The van der Waals surface area contributed by atoms with Crippen LogP contribution in [0, 0.1) is 10.1 Å². The molecule has 0 aliphatic carbocycles. The van der Waals surface area contributed by atoms with Crippen LogP contribution in [0.4, 0.5) is 5.69 Å². The van der Waals surface area contributed by atoms with Crippen molar-refractivity contribution in [2.45, 2.75) is 13.5 Å². The van der Waals surface area contributed by atoms with Crippen molar-refractivity contribution in [1.82, 2.24) is 4.90 Å². The molecule has 0 spiro atoms. The van der Waals surface area contributed by atoms with Crippen LogP contribution < -0.4 is 0 Å². The van der Waals surface area contributed by atoms with Crippen molar-refractivity contribution < 1.29 is 14.1 Å². The minimum absolute atomic E-state index is 0.130. The van der Waals surface area contributed by atoms with Gasteiger partial charge in [0, 0.05) is 12.6 Å². The van der Waals surface area contributed by atoms with Crippen LogP contribution in [0.2, 0.25) is 0 Å². The van der Waals surface area contributed by atoms with Crippen LogP contribution in [0.3, 0.4) is 0 Å². The zero-order valence-electron chi connectivity index (χ0n) is 11.3. The van der Waals surface area contributed by atoms with Gasteiger partial charge in [-0.15, -0.1) is 0 Å². The molecule has 21 heavy (non-hydrogen) atoms. The van der Waals surface area contributed by atoms with E-state index in [0.717, 1.165) is 0 Å². The molecule has 0 fully saturated rings. The van der Waals surface area contributed by atoms with Gasteiger partial charge in [0.15, 0.2) is 0 Å². The molecule has 0 aliphatic rings. The highest BCUT2D eigenvalue weighted by Crippen LogP contribution is 2.29. The number of benzene rings is 1. The van der Waals surface area contributed by atoms with Gasteiger partial charge < -0.3 is 9.32 Å². The average molecular weight is 353 g/mol. The number of amides is 1. The Morgan fingerprint density at radius 1 is 1.38 bits per heavy atom. The second-order valence-electron chi connectivity index (χ2n) is 4.29. The van der Waals surface area contributed by atoms with Crippen LogP contribution in [-0.4, -0.2) is 22.3 Å². The highest BCUT2D eigenvalue weighted by atomic mass is 79.9. The zero-order chi connectivity index (χ0) is 15.4. The second-order valence-corrected chi connectivity index (χ2v) is 5.09. The summed E-state index contributed by atoms with van der Waals surface area (Å²) < 4.78 is 5.42. The van der Waals surface area contributed by atoms with Gasteiger partial charge in [0.25, 0.3) is 11.6 Å². The van der Waals surface area contributed by atoms with E-state index in [-0.39, 0.29) is 21.6 Å². The third kappa shape index (κ3) is 3.30. The molecule has 0 N–H and O–H groups in total. The second kappa shape index (κ2) is 6.53. The number of hydrogen-bond donors (Lipinski definition) is 0. The summed E-state index contributed by atoms with van der Waals surface area (Å²) in [7, 11) is 0. The molecule has 1 amide bonds. The Labute approximate surface area is 129 Å². The lowest BCUT2D eigenvalue weighted by Gasteiger charge is -2.20. The molecule has 0 radical (unpaired) electrons. The third-order valence-electron chi connectivity index (χ3n) is 3.00. The predicted octanol–water partition coefficient (Wildman–Crippen LogP) is 3.61. The summed E-state index contributed by atoms with van der Waals surface area (Å²) in [6.45, 7) is 2.62. The Hall–Kier alpha value is -2.15. The number of hydrogen-bond acceptors (Lipinski definition) is 4. The Morgan fingerprint density at radius 3 is 2.71 bits per heavy atom. The van der Waals surface area contributed by atoms with Crippen molar-refractivity contribution in [1.29, 1.82) is 0 Å². The summed E-state index contributed by atoms with van der Waals surface area (Å²) in [5, 5.41) is 10.9. The van der Waals surface area contributed by atoms with Gasteiger partial charge in [0.05, 0.1) is 23.3 Å². The molecule has 1 aromatic carbocycles. The Kier molecular flexibility index (Phi) is 4.74. The topological polar surface area (TPSA) is 76.6 Å². The SMILES string of the molecule is CCN(Cc1ccco1)C(=O)c1cccc([N+](=O)[O-])c1Br. The Balaban J connectivity index is 2.29. The van der Waals surface area contributed by atoms with E-state index in [4.69, 9.17) is 4.42 Å². The minimum Gasteiger partial charge on any atom is -0.467 e. The number of halogens is 1. The van der Waals surface area contributed by atoms with Crippen LogP contribution in [-0.2, 0) is 6.54 Å². The molecule has 2 aromatic rings. The summed E-state index contributed by atoms with van der Waals surface area (Å²) in [5.41, 5.74) is 0.132. The van der Waals surface area contributed by atoms with Crippen molar-refractivity contribution in [3.05, 3.63) is 62.5 Å². The molecule has 0 bridgehead atoms. The number of nitro groups is 1. The van der Waals surface area contributed by atoms with Gasteiger partial charge in [-0.25, -0.2) is 0 Å². The van der Waals surface area contributed by atoms with Crippen molar-refractivity contribution in [2.24, 2.45) is 0 Å². The maximum atomic E-state index is 12.5. The smallest absolute Gasteiger partial charge is 0.284 e. The number of furan rings is 1. The predicted molar refractivity (Wildman–Crippen MR) is 79.9 cm³/mol. The summed E-state index contributed by atoms with van der Waals surface area (Å²) in [6, 6.07) is 7.93. The van der Waals surface area contributed by atoms with Crippen molar-refractivity contribution >= 4 is 27.5 Å². The van der Waals surface area contributed by atoms with Gasteiger partial charge in [-0.3, -0.25) is 14.9 Å². The lowest BCUT2D eigenvalue weighted by molar-refractivity contribution is -0.385. The van der Waals surface area contributed by atoms with Gasteiger partial charge in [-0.1, -0.05) is 6.07 Å².